The average Bonchev–Trinajstić information content (AvgIpc) is 2.76. The summed E-state index contributed by atoms with van der Waals surface area (Å²) in [5, 5.41) is 12.2. The van der Waals surface area contributed by atoms with Crippen LogP contribution in [0.2, 0.25) is 5.02 Å². The van der Waals surface area contributed by atoms with Crippen LogP contribution >= 0.6 is 11.6 Å². The number of aryl methyl sites for hydroxylation is 2. The van der Waals surface area contributed by atoms with E-state index in [0.29, 0.717) is 23.1 Å². The summed E-state index contributed by atoms with van der Waals surface area (Å²) < 4.78 is 5.96. The van der Waals surface area contributed by atoms with Gasteiger partial charge in [0.2, 0.25) is 5.95 Å². The highest BCUT2D eigenvalue weighted by atomic mass is 35.5. The number of aliphatic hydroxyl groups excluding tert-OH is 1. The first-order chi connectivity index (χ1) is 15.0. The van der Waals surface area contributed by atoms with E-state index in [2.05, 4.69) is 20.2 Å². The summed E-state index contributed by atoms with van der Waals surface area (Å²) in [6.07, 6.45) is 7.67. The Morgan fingerprint density at radius 2 is 1.87 bits per heavy atom. The maximum Gasteiger partial charge on any atom is 0.251 e. The molecule has 0 bridgehead atoms. The van der Waals surface area contributed by atoms with Crippen LogP contribution in [0.5, 0.6) is 5.75 Å². The number of amides is 1. The Kier molecular flexibility index (Phi) is 8.49. The monoisotopic (exact) mass is 446 g/mol. The highest BCUT2D eigenvalue weighted by Crippen LogP contribution is 2.26. The van der Waals surface area contributed by atoms with Crippen LogP contribution in [0.1, 0.15) is 47.2 Å². The van der Waals surface area contributed by atoms with Gasteiger partial charge in [0.25, 0.3) is 5.91 Å². The Bertz CT molecular complexity index is 845. The molecule has 1 fully saturated rings. The van der Waals surface area contributed by atoms with Crippen molar-refractivity contribution in [3.05, 3.63) is 46.2 Å². The first kappa shape index (κ1) is 23.3. The van der Waals surface area contributed by atoms with Crippen LogP contribution in [0.4, 0.5) is 5.95 Å². The Hall–Kier alpha value is -2.38. The zero-order chi connectivity index (χ0) is 22.2. The number of rotatable bonds is 9. The van der Waals surface area contributed by atoms with E-state index >= 15 is 0 Å². The minimum Gasteiger partial charge on any atom is -0.494 e. The van der Waals surface area contributed by atoms with Crippen molar-refractivity contribution in [2.24, 2.45) is 5.92 Å². The molecule has 2 aromatic rings. The maximum atomic E-state index is 12.2. The van der Waals surface area contributed by atoms with Gasteiger partial charge in [-0.15, -0.1) is 0 Å². The number of ether oxygens (including phenoxy) is 1. The highest BCUT2D eigenvalue weighted by Gasteiger charge is 2.20. The van der Waals surface area contributed by atoms with Gasteiger partial charge >= 0.3 is 0 Å². The third-order valence-corrected chi connectivity index (χ3v) is 5.86. The van der Waals surface area contributed by atoms with Crippen LogP contribution in [0.3, 0.4) is 0 Å². The van der Waals surface area contributed by atoms with E-state index in [1.807, 2.05) is 26.0 Å². The third kappa shape index (κ3) is 6.55. The molecular formula is C23H31ClN4O3. The molecule has 7 nitrogen and oxygen atoms in total. The summed E-state index contributed by atoms with van der Waals surface area (Å²) in [7, 11) is 0. The van der Waals surface area contributed by atoms with E-state index in [0.717, 1.165) is 61.6 Å². The predicted octanol–water partition coefficient (Wildman–Crippen LogP) is 3.54. The smallest absolute Gasteiger partial charge is 0.251 e. The number of benzene rings is 1. The largest absolute Gasteiger partial charge is 0.494 e. The number of halogens is 1. The Morgan fingerprint density at radius 1 is 1.23 bits per heavy atom. The summed E-state index contributed by atoms with van der Waals surface area (Å²) in [5.74, 6) is 2.08. The molecule has 1 amide bonds. The van der Waals surface area contributed by atoms with Crippen molar-refractivity contribution in [1.82, 2.24) is 15.3 Å². The molecule has 0 saturated carbocycles. The minimum absolute atomic E-state index is 0.0705. The highest BCUT2D eigenvalue weighted by molar-refractivity contribution is 6.30. The van der Waals surface area contributed by atoms with E-state index in [4.69, 9.17) is 21.4 Å². The standard InChI is InChI=1S/C23H31ClN4O3/c1-16-12-20(13-17(2)21(16)22(30)25-7-10-29)31-11-3-4-18-5-8-28(9-6-18)23-26-14-19(24)15-27-23/h12-15,18,29H,3-11H2,1-2H3,(H,25,30). The van der Waals surface area contributed by atoms with Crippen molar-refractivity contribution in [3.8, 4) is 5.75 Å². The second-order valence-electron chi connectivity index (χ2n) is 8.03. The van der Waals surface area contributed by atoms with E-state index in [1.54, 1.807) is 12.4 Å². The lowest BCUT2D eigenvalue weighted by atomic mass is 9.92. The minimum atomic E-state index is -0.161. The molecule has 8 heteroatoms. The number of carbonyl (C=O) groups is 1. The van der Waals surface area contributed by atoms with Crippen LogP contribution < -0.4 is 15.0 Å². The number of hydrogen-bond donors (Lipinski definition) is 2. The third-order valence-electron chi connectivity index (χ3n) is 5.66. The van der Waals surface area contributed by atoms with Crippen molar-refractivity contribution in [2.75, 3.05) is 37.7 Å². The molecule has 2 N–H and O–H groups in total. The fourth-order valence-electron chi connectivity index (χ4n) is 4.08. The van der Waals surface area contributed by atoms with E-state index in [1.165, 1.54) is 0 Å². The normalized spacial score (nSPS) is 14.5. The number of piperidine rings is 1. The Labute approximate surface area is 188 Å². The van der Waals surface area contributed by atoms with Crippen molar-refractivity contribution >= 4 is 23.5 Å². The molecule has 0 atom stereocenters. The van der Waals surface area contributed by atoms with E-state index in [9.17, 15) is 4.79 Å². The average molecular weight is 447 g/mol. The topological polar surface area (TPSA) is 87.6 Å². The summed E-state index contributed by atoms with van der Waals surface area (Å²) in [4.78, 5) is 23.1. The quantitative estimate of drug-likeness (QED) is 0.573. The van der Waals surface area contributed by atoms with E-state index < -0.39 is 0 Å². The lowest BCUT2D eigenvalue weighted by Crippen LogP contribution is -2.34. The van der Waals surface area contributed by atoms with Crippen LogP contribution in [-0.4, -0.2) is 53.8 Å². The molecule has 0 unspecified atom stereocenters. The van der Waals surface area contributed by atoms with E-state index in [-0.39, 0.29) is 19.1 Å². The molecule has 1 aromatic heterocycles. The number of aliphatic hydroxyl groups is 1. The number of anilines is 1. The van der Waals surface area contributed by atoms with Gasteiger partial charge in [-0.1, -0.05) is 11.6 Å². The zero-order valence-electron chi connectivity index (χ0n) is 18.2. The summed E-state index contributed by atoms with van der Waals surface area (Å²) in [6.45, 7) is 6.59. The van der Waals surface area contributed by atoms with Crippen molar-refractivity contribution in [1.29, 1.82) is 0 Å². The predicted molar refractivity (Wildman–Crippen MR) is 122 cm³/mol. The van der Waals surface area contributed by atoms with Crippen molar-refractivity contribution < 1.29 is 14.6 Å². The van der Waals surface area contributed by atoms with Gasteiger partial charge in [0.15, 0.2) is 0 Å². The number of nitrogens with zero attached hydrogens (tertiary/aromatic N) is 3. The van der Waals surface area contributed by atoms with Gasteiger partial charge in [-0.2, -0.15) is 0 Å². The number of hydrogen-bond acceptors (Lipinski definition) is 6. The maximum absolute atomic E-state index is 12.2. The lowest BCUT2D eigenvalue weighted by Gasteiger charge is -2.32. The molecule has 0 spiro atoms. The van der Waals surface area contributed by atoms with Gasteiger partial charge in [0.05, 0.1) is 30.6 Å². The number of aromatic nitrogens is 2. The summed E-state index contributed by atoms with van der Waals surface area (Å²) >= 11 is 5.86. The summed E-state index contributed by atoms with van der Waals surface area (Å²) in [5.41, 5.74) is 2.40. The van der Waals surface area contributed by atoms with Gasteiger partial charge in [-0.05, 0) is 68.7 Å². The summed E-state index contributed by atoms with van der Waals surface area (Å²) in [6, 6.07) is 3.82. The molecule has 3 rings (SSSR count). The molecule has 0 radical (unpaired) electrons. The van der Waals surface area contributed by atoms with Crippen molar-refractivity contribution in [2.45, 2.75) is 39.5 Å². The first-order valence-corrected chi connectivity index (χ1v) is 11.2. The second-order valence-corrected chi connectivity index (χ2v) is 8.47. The van der Waals surface area contributed by atoms with Crippen molar-refractivity contribution in [3.63, 3.8) is 0 Å². The molecule has 2 heterocycles. The van der Waals surface area contributed by atoms with Gasteiger partial charge in [-0.25, -0.2) is 9.97 Å². The number of carbonyl (C=O) groups excluding carboxylic acids is 1. The number of nitrogens with one attached hydrogen (secondary N) is 1. The van der Waals surface area contributed by atoms with Crippen LogP contribution in [0, 0.1) is 19.8 Å². The SMILES string of the molecule is Cc1cc(OCCCC2CCN(c3ncc(Cl)cn3)CC2)cc(C)c1C(=O)NCCO. The first-order valence-electron chi connectivity index (χ1n) is 10.8. The molecular weight excluding hydrogens is 416 g/mol. The fraction of sp³-hybridized carbons (Fsp3) is 0.522. The molecule has 168 valence electrons. The Morgan fingerprint density at radius 3 is 2.48 bits per heavy atom. The van der Waals surface area contributed by atoms with Gasteiger partial charge in [0, 0.05) is 25.2 Å². The second kappa shape index (κ2) is 11.3. The molecule has 0 aliphatic carbocycles. The molecule has 1 aromatic carbocycles. The molecule has 1 aliphatic heterocycles. The fourth-order valence-corrected chi connectivity index (χ4v) is 4.17. The van der Waals surface area contributed by atoms with Crippen LogP contribution in [0.25, 0.3) is 0 Å². The van der Waals surface area contributed by atoms with Crippen LogP contribution in [0.15, 0.2) is 24.5 Å². The molecule has 31 heavy (non-hydrogen) atoms. The van der Waals surface area contributed by atoms with Crippen LogP contribution in [-0.2, 0) is 0 Å². The van der Waals surface area contributed by atoms with Gasteiger partial charge < -0.3 is 20.1 Å². The molecule has 1 saturated heterocycles. The van der Waals surface area contributed by atoms with Gasteiger partial charge in [-0.3, -0.25) is 4.79 Å². The Balaban J connectivity index is 1.41. The lowest BCUT2D eigenvalue weighted by molar-refractivity contribution is 0.0943. The van der Waals surface area contributed by atoms with Gasteiger partial charge in [0.1, 0.15) is 5.75 Å². The zero-order valence-corrected chi connectivity index (χ0v) is 19.0. The molecule has 1 aliphatic rings.